The Morgan fingerprint density at radius 1 is 0.341 bits per heavy atom. The molecule has 0 heterocycles. The van der Waals surface area contributed by atoms with Gasteiger partial charge in [-0.05, 0) is 97.2 Å². The first-order chi connectivity index (χ1) is 20.0. The molecule has 0 atom stereocenters. The molecule has 0 unspecified atom stereocenters. The van der Waals surface area contributed by atoms with Gasteiger partial charge in [-0.1, -0.05) is 153 Å². The monoisotopic (exact) mass is 652 g/mol. The number of hydrogen-bond acceptors (Lipinski definition) is 0. The fraction of sp³-hybridized carbons (Fsp3) is 0.0256. The van der Waals surface area contributed by atoms with Gasteiger partial charge in [0, 0.05) is 8.95 Å². The van der Waals surface area contributed by atoms with Gasteiger partial charge in [0.25, 0.3) is 0 Å². The summed E-state index contributed by atoms with van der Waals surface area (Å²) in [5.41, 5.74) is 11.2. The molecule has 0 aromatic heterocycles. The van der Waals surface area contributed by atoms with Crippen LogP contribution in [0.25, 0.3) is 66.1 Å². The highest BCUT2D eigenvalue weighted by molar-refractivity contribution is 9.10. The van der Waals surface area contributed by atoms with Gasteiger partial charge in [0.2, 0.25) is 0 Å². The molecule has 41 heavy (non-hydrogen) atoms. The van der Waals surface area contributed by atoms with Crippen molar-refractivity contribution in [3.63, 3.8) is 0 Å². The summed E-state index contributed by atoms with van der Waals surface area (Å²) in [6.07, 6.45) is 0. The van der Waals surface area contributed by atoms with E-state index in [4.69, 9.17) is 0 Å². The van der Waals surface area contributed by atoms with Crippen molar-refractivity contribution in [2.75, 3.05) is 0 Å². The molecule has 196 valence electrons. The lowest BCUT2D eigenvalue weighted by Gasteiger charge is -2.18. The van der Waals surface area contributed by atoms with Crippen molar-refractivity contribution >= 4 is 53.4 Å². The van der Waals surface area contributed by atoms with Crippen LogP contribution in [0.1, 0.15) is 5.56 Å². The van der Waals surface area contributed by atoms with Gasteiger partial charge in [0.15, 0.2) is 0 Å². The van der Waals surface area contributed by atoms with Crippen LogP contribution in [-0.4, -0.2) is 0 Å². The van der Waals surface area contributed by atoms with E-state index in [1.807, 2.05) is 0 Å². The zero-order valence-electron chi connectivity index (χ0n) is 22.5. The normalized spacial score (nSPS) is 11.3. The Hall–Kier alpha value is -3.98. The third-order valence-electron chi connectivity index (χ3n) is 7.88. The summed E-state index contributed by atoms with van der Waals surface area (Å²) in [6.45, 7) is 2.18. The van der Waals surface area contributed by atoms with E-state index in [9.17, 15) is 0 Å². The topological polar surface area (TPSA) is 0 Å². The molecule has 0 fully saturated rings. The lowest BCUT2D eigenvalue weighted by atomic mass is 9.85. The van der Waals surface area contributed by atoms with Crippen LogP contribution in [0.2, 0.25) is 0 Å². The average molecular weight is 654 g/mol. The van der Waals surface area contributed by atoms with Crippen LogP contribution in [0.5, 0.6) is 0 Å². The number of rotatable bonds is 4. The van der Waals surface area contributed by atoms with Gasteiger partial charge in [-0.15, -0.1) is 0 Å². The van der Waals surface area contributed by atoms with Gasteiger partial charge in [-0.2, -0.15) is 0 Å². The Labute approximate surface area is 257 Å². The number of halogens is 2. The molecule has 2 heteroatoms. The molecule has 0 aliphatic heterocycles. The van der Waals surface area contributed by atoms with E-state index in [2.05, 4.69) is 178 Å². The number of fused-ring (bicyclic) bond motifs is 2. The van der Waals surface area contributed by atoms with E-state index in [0.717, 1.165) is 8.95 Å². The Bertz CT molecular complexity index is 2020. The maximum Gasteiger partial charge on any atom is 0.0175 e. The van der Waals surface area contributed by atoms with Crippen LogP contribution in [0, 0.1) is 6.92 Å². The minimum Gasteiger partial charge on any atom is -0.0616 e. The Morgan fingerprint density at radius 2 is 0.683 bits per heavy atom. The van der Waals surface area contributed by atoms with Gasteiger partial charge in [-0.25, -0.2) is 0 Å². The summed E-state index contributed by atoms with van der Waals surface area (Å²) in [4.78, 5) is 0. The molecule has 0 aliphatic rings. The SMILES string of the molecule is Cc1ccc2c(-c3ccc(-c4ccc(Br)cc4)cc3)c3ccccc3c(-c3ccc(-c4ccc(Br)cc4)cc3)c2c1. The largest absolute Gasteiger partial charge is 0.0616 e. The van der Waals surface area contributed by atoms with Gasteiger partial charge >= 0.3 is 0 Å². The lowest BCUT2D eigenvalue weighted by Crippen LogP contribution is -1.92. The fourth-order valence-corrected chi connectivity index (χ4v) is 6.39. The fourth-order valence-electron chi connectivity index (χ4n) is 5.86. The van der Waals surface area contributed by atoms with Crippen molar-refractivity contribution in [3.05, 3.63) is 154 Å². The van der Waals surface area contributed by atoms with Crippen molar-refractivity contribution in [2.45, 2.75) is 6.92 Å². The summed E-state index contributed by atoms with van der Waals surface area (Å²) in [5, 5.41) is 5.10. The first-order valence-corrected chi connectivity index (χ1v) is 15.3. The summed E-state index contributed by atoms with van der Waals surface area (Å²) in [5.74, 6) is 0. The average Bonchev–Trinajstić information content (AvgIpc) is 3.01. The van der Waals surface area contributed by atoms with E-state index >= 15 is 0 Å². The first-order valence-electron chi connectivity index (χ1n) is 13.7. The van der Waals surface area contributed by atoms with Crippen LogP contribution < -0.4 is 0 Å². The molecule has 7 aromatic rings. The maximum absolute atomic E-state index is 3.55. The lowest BCUT2D eigenvalue weighted by molar-refractivity contribution is 1.51. The number of aryl methyl sites for hydroxylation is 1. The van der Waals surface area contributed by atoms with Crippen LogP contribution in [0.4, 0.5) is 0 Å². The van der Waals surface area contributed by atoms with Crippen LogP contribution in [0.3, 0.4) is 0 Å². The van der Waals surface area contributed by atoms with Crippen molar-refractivity contribution < 1.29 is 0 Å². The molecule has 7 aromatic carbocycles. The van der Waals surface area contributed by atoms with Crippen LogP contribution >= 0.6 is 31.9 Å². The van der Waals surface area contributed by atoms with E-state index in [0.29, 0.717) is 0 Å². The van der Waals surface area contributed by atoms with Crippen molar-refractivity contribution in [1.29, 1.82) is 0 Å². The second-order valence-electron chi connectivity index (χ2n) is 10.5. The summed E-state index contributed by atoms with van der Waals surface area (Å²) in [6, 6.07) is 50.8. The van der Waals surface area contributed by atoms with Crippen molar-refractivity contribution in [3.8, 4) is 44.5 Å². The second kappa shape index (κ2) is 10.8. The Morgan fingerprint density at radius 3 is 1.12 bits per heavy atom. The summed E-state index contributed by atoms with van der Waals surface area (Å²) in [7, 11) is 0. The Kier molecular flexibility index (Phi) is 6.82. The summed E-state index contributed by atoms with van der Waals surface area (Å²) < 4.78 is 2.18. The standard InChI is InChI=1S/C39H26Br2/c1-25-6-23-36-37(24-25)39(31-13-9-27(10-14-31)29-17-21-33(41)22-18-29)35-5-3-2-4-34(35)38(36)30-11-7-26(8-12-30)28-15-19-32(40)20-16-28/h2-24H,1H3. The van der Waals surface area contributed by atoms with Gasteiger partial charge in [-0.3, -0.25) is 0 Å². The molecule has 0 saturated carbocycles. The molecule has 0 radical (unpaired) electrons. The molecular weight excluding hydrogens is 628 g/mol. The van der Waals surface area contributed by atoms with Gasteiger partial charge in [0.1, 0.15) is 0 Å². The molecule has 7 rings (SSSR count). The molecule has 0 amide bonds. The smallest absolute Gasteiger partial charge is 0.0175 e. The number of benzene rings is 7. The molecule has 0 nitrogen and oxygen atoms in total. The molecular formula is C39H26Br2. The predicted molar refractivity (Wildman–Crippen MR) is 183 cm³/mol. The third kappa shape index (κ3) is 4.92. The second-order valence-corrected chi connectivity index (χ2v) is 12.3. The Balaban J connectivity index is 1.41. The highest BCUT2D eigenvalue weighted by Gasteiger charge is 2.17. The first kappa shape index (κ1) is 26.0. The van der Waals surface area contributed by atoms with E-state index < -0.39 is 0 Å². The van der Waals surface area contributed by atoms with Crippen molar-refractivity contribution in [1.82, 2.24) is 0 Å². The van der Waals surface area contributed by atoms with Crippen LogP contribution in [0.15, 0.2) is 148 Å². The number of hydrogen-bond donors (Lipinski definition) is 0. The van der Waals surface area contributed by atoms with E-state index in [-0.39, 0.29) is 0 Å². The molecule has 0 bridgehead atoms. The predicted octanol–water partition coefficient (Wildman–Crippen LogP) is 12.5. The molecule has 0 N–H and O–H groups in total. The third-order valence-corrected chi connectivity index (χ3v) is 8.94. The summed E-state index contributed by atoms with van der Waals surface area (Å²) >= 11 is 7.10. The van der Waals surface area contributed by atoms with Crippen molar-refractivity contribution in [2.24, 2.45) is 0 Å². The molecule has 0 spiro atoms. The van der Waals surface area contributed by atoms with Crippen LogP contribution in [-0.2, 0) is 0 Å². The van der Waals surface area contributed by atoms with Gasteiger partial charge in [0.05, 0.1) is 0 Å². The quantitative estimate of drug-likeness (QED) is 0.166. The minimum atomic E-state index is 1.09. The highest BCUT2D eigenvalue weighted by Crippen LogP contribution is 2.44. The zero-order valence-corrected chi connectivity index (χ0v) is 25.7. The van der Waals surface area contributed by atoms with E-state index in [1.165, 1.54) is 71.6 Å². The van der Waals surface area contributed by atoms with E-state index in [1.54, 1.807) is 0 Å². The highest BCUT2D eigenvalue weighted by atomic mass is 79.9. The molecule has 0 aliphatic carbocycles. The minimum absolute atomic E-state index is 1.09. The molecule has 0 saturated heterocycles. The van der Waals surface area contributed by atoms with Gasteiger partial charge < -0.3 is 0 Å². The maximum atomic E-state index is 3.55. The zero-order chi connectivity index (χ0) is 27.9.